The third kappa shape index (κ3) is 2.09. The van der Waals surface area contributed by atoms with Gasteiger partial charge in [0.25, 0.3) is 0 Å². The van der Waals surface area contributed by atoms with Crippen molar-refractivity contribution in [1.29, 1.82) is 0 Å². The van der Waals surface area contributed by atoms with Crippen LogP contribution in [0.25, 0.3) is 0 Å². The average molecular weight is 274 g/mol. The van der Waals surface area contributed by atoms with Crippen molar-refractivity contribution in [3.05, 3.63) is 34.9 Å². The van der Waals surface area contributed by atoms with Crippen molar-refractivity contribution in [1.82, 2.24) is 0 Å². The molecule has 1 saturated heterocycles. The second-order valence-electron chi connectivity index (χ2n) is 5.43. The van der Waals surface area contributed by atoms with E-state index in [1.165, 1.54) is 12.1 Å². The second kappa shape index (κ2) is 4.74. The van der Waals surface area contributed by atoms with Gasteiger partial charge in [0.2, 0.25) is 0 Å². The van der Waals surface area contributed by atoms with Gasteiger partial charge in [-0.25, -0.2) is 4.79 Å². The van der Waals surface area contributed by atoms with Crippen LogP contribution in [-0.2, 0) is 9.53 Å². The zero-order chi connectivity index (χ0) is 14.3. The van der Waals surface area contributed by atoms with E-state index < -0.39 is 5.97 Å². The molecule has 104 valence electrons. The first-order chi connectivity index (χ1) is 9.58. The summed E-state index contributed by atoms with van der Waals surface area (Å²) in [7, 11) is 0. The van der Waals surface area contributed by atoms with Crippen LogP contribution in [0.1, 0.15) is 51.5 Å². The lowest BCUT2D eigenvalue weighted by Crippen LogP contribution is -2.10. The number of benzene rings is 1. The molecule has 0 spiro atoms. The van der Waals surface area contributed by atoms with Gasteiger partial charge in [0.1, 0.15) is 12.4 Å². The van der Waals surface area contributed by atoms with Gasteiger partial charge in [-0.2, -0.15) is 0 Å². The van der Waals surface area contributed by atoms with E-state index in [9.17, 15) is 19.5 Å². The third-order valence-electron chi connectivity index (χ3n) is 4.22. The highest BCUT2D eigenvalue weighted by molar-refractivity contribution is 5.91. The summed E-state index contributed by atoms with van der Waals surface area (Å²) in [6.07, 6.45) is 2.40. The fraction of sp³-hybridized carbons (Fsp3) is 0.400. The van der Waals surface area contributed by atoms with E-state index in [-0.39, 0.29) is 29.5 Å². The standard InChI is InChI=1S/C15H14O5/c16-7-8-1-2-11(15(18)19)12(3-8)9-4-10-6-14(17)20-13(10)5-9/h1-3,7,9-10,13H,4-6H2,(H,18,19)/t9?,10-,13+/m1/s1. The largest absolute Gasteiger partial charge is 0.478 e. The van der Waals surface area contributed by atoms with E-state index in [2.05, 4.69) is 0 Å². The van der Waals surface area contributed by atoms with Crippen LogP contribution in [0.5, 0.6) is 0 Å². The Balaban J connectivity index is 1.92. The van der Waals surface area contributed by atoms with Crippen molar-refractivity contribution in [3.8, 4) is 0 Å². The van der Waals surface area contributed by atoms with Crippen LogP contribution >= 0.6 is 0 Å². The molecule has 1 aliphatic carbocycles. The van der Waals surface area contributed by atoms with Crippen LogP contribution in [0.3, 0.4) is 0 Å². The first-order valence-electron chi connectivity index (χ1n) is 6.60. The maximum absolute atomic E-state index is 11.3. The molecule has 0 bridgehead atoms. The number of carbonyl (C=O) groups excluding carboxylic acids is 2. The second-order valence-corrected chi connectivity index (χ2v) is 5.43. The number of carbonyl (C=O) groups is 3. The summed E-state index contributed by atoms with van der Waals surface area (Å²) in [4.78, 5) is 33.4. The Hall–Kier alpha value is -2.17. The number of carboxylic acids is 1. The lowest BCUT2D eigenvalue weighted by Gasteiger charge is -2.15. The molecule has 1 aromatic carbocycles. The first kappa shape index (κ1) is 12.8. The van der Waals surface area contributed by atoms with Gasteiger partial charge in [0.15, 0.2) is 0 Å². The Kier molecular flexibility index (Phi) is 3.04. The smallest absolute Gasteiger partial charge is 0.335 e. The molecule has 1 saturated carbocycles. The molecule has 3 atom stereocenters. The molecule has 1 aliphatic heterocycles. The topological polar surface area (TPSA) is 80.7 Å². The van der Waals surface area contributed by atoms with E-state index in [1.54, 1.807) is 6.07 Å². The van der Waals surface area contributed by atoms with Crippen molar-refractivity contribution < 1.29 is 24.2 Å². The SMILES string of the molecule is O=Cc1ccc(C(=O)O)c(C2C[C@@H]3CC(=O)O[C@H]3C2)c1. The molecular formula is C15H14O5. The van der Waals surface area contributed by atoms with Gasteiger partial charge in [-0.1, -0.05) is 6.07 Å². The summed E-state index contributed by atoms with van der Waals surface area (Å²) in [5, 5.41) is 9.26. The van der Waals surface area contributed by atoms with E-state index in [0.29, 0.717) is 30.3 Å². The molecule has 5 nitrogen and oxygen atoms in total. The van der Waals surface area contributed by atoms with E-state index in [1.807, 2.05) is 0 Å². The van der Waals surface area contributed by atoms with Crippen molar-refractivity contribution in [3.63, 3.8) is 0 Å². The molecule has 1 heterocycles. The molecular weight excluding hydrogens is 260 g/mol. The Labute approximate surface area is 115 Å². The highest BCUT2D eigenvalue weighted by Gasteiger charge is 2.44. The van der Waals surface area contributed by atoms with E-state index >= 15 is 0 Å². The number of esters is 1. The molecule has 20 heavy (non-hydrogen) atoms. The maximum Gasteiger partial charge on any atom is 0.335 e. The molecule has 5 heteroatoms. The summed E-state index contributed by atoms with van der Waals surface area (Å²) in [6, 6.07) is 4.63. The third-order valence-corrected chi connectivity index (χ3v) is 4.22. The Morgan fingerprint density at radius 1 is 1.35 bits per heavy atom. The van der Waals surface area contributed by atoms with Crippen LogP contribution in [-0.4, -0.2) is 29.4 Å². The van der Waals surface area contributed by atoms with Gasteiger partial charge in [0, 0.05) is 11.5 Å². The molecule has 1 aromatic rings. The van der Waals surface area contributed by atoms with Gasteiger partial charge < -0.3 is 9.84 Å². The summed E-state index contributed by atoms with van der Waals surface area (Å²) in [5.41, 5.74) is 1.37. The monoisotopic (exact) mass is 274 g/mol. The molecule has 3 rings (SSSR count). The van der Waals surface area contributed by atoms with Crippen molar-refractivity contribution in [2.45, 2.75) is 31.3 Å². The minimum atomic E-state index is -0.994. The zero-order valence-corrected chi connectivity index (χ0v) is 10.7. The molecule has 1 unspecified atom stereocenters. The number of fused-ring (bicyclic) bond motifs is 1. The lowest BCUT2D eigenvalue weighted by molar-refractivity contribution is -0.141. The quantitative estimate of drug-likeness (QED) is 0.673. The molecule has 1 N–H and O–H groups in total. The number of ether oxygens (including phenoxy) is 1. The molecule has 0 amide bonds. The van der Waals surface area contributed by atoms with E-state index in [4.69, 9.17) is 4.74 Å². The number of hydrogen-bond acceptors (Lipinski definition) is 4. The fourth-order valence-electron chi connectivity index (χ4n) is 3.32. The van der Waals surface area contributed by atoms with Crippen LogP contribution in [0, 0.1) is 5.92 Å². The number of carboxylic acid groups (broad SMARTS) is 1. The van der Waals surface area contributed by atoms with Gasteiger partial charge >= 0.3 is 11.9 Å². The van der Waals surface area contributed by atoms with Crippen LogP contribution in [0.4, 0.5) is 0 Å². The molecule has 0 aromatic heterocycles. The van der Waals surface area contributed by atoms with Gasteiger partial charge in [0.05, 0.1) is 12.0 Å². The van der Waals surface area contributed by atoms with Crippen molar-refractivity contribution in [2.75, 3.05) is 0 Å². The van der Waals surface area contributed by atoms with Crippen LogP contribution in [0.2, 0.25) is 0 Å². The normalized spacial score (nSPS) is 28.0. The summed E-state index contributed by atoms with van der Waals surface area (Å²) >= 11 is 0. The summed E-state index contributed by atoms with van der Waals surface area (Å²) in [5.74, 6) is -0.955. The molecule has 2 fully saturated rings. The first-order valence-corrected chi connectivity index (χ1v) is 6.60. The fourth-order valence-corrected chi connectivity index (χ4v) is 3.32. The Morgan fingerprint density at radius 2 is 2.15 bits per heavy atom. The molecule has 2 aliphatic rings. The Bertz CT molecular complexity index is 576. The maximum atomic E-state index is 11.3. The van der Waals surface area contributed by atoms with Crippen molar-refractivity contribution in [2.24, 2.45) is 5.92 Å². The lowest BCUT2D eigenvalue weighted by atomic mass is 9.90. The van der Waals surface area contributed by atoms with Gasteiger partial charge in [-0.15, -0.1) is 0 Å². The van der Waals surface area contributed by atoms with Gasteiger partial charge in [-0.3, -0.25) is 9.59 Å². The van der Waals surface area contributed by atoms with Crippen LogP contribution in [0.15, 0.2) is 18.2 Å². The predicted octanol–water partition coefficient (Wildman–Crippen LogP) is 2.01. The minimum Gasteiger partial charge on any atom is -0.478 e. The average Bonchev–Trinajstić information content (AvgIpc) is 2.94. The zero-order valence-electron chi connectivity index (χ0n) is 10.7. The Morgan fingerprint density at radius 3 is 2.80 bits per heavy atom. The minimum absolute atomic E-state index is 0.0316. The number of hydrogen-bond donors (Lipinski definition) is 1. The van der Waals surface area contributed by atoms with Crippen LogP contribution < -0.4 is 0 Å². The van der Waals surface area contributed by atoms with E-state index in [0.717, 1.165) is 6.42 Å². The highest BCUT2D eigenvalue weighted by atomic mass is 16.6. The summed E-state index contributed by atoms with van der Waals surface area (Å²) < 4.78 is 5.24. The van der Waals surface area contributed by atoms with Gasteiger partial charge in [-0.05, 0) is 36.5 Å². The summed E-state index contributed by atoms with van der Waals surface area (Å²) in [6.45, 7) is 0. The van der Waals surface area contributed by atoms with Crippen molar-refractivity contribution >= 4 is 18.2 Å². The number of aromatic carboxylic acids is 1. The molecule has 0 radical (unpaired) electrons. The number of aldehydes is 1. The number of rotatable bonds is 3. The highest BCUT2D eigenvalue weighted by Crippen LogP contribution is 2.45. The predicted molar refractivity (Wildman–Crippen MR) is 68.8 cm³/mol.